The van der Waals surface area contributed by atoms with Crippen LogP contribution in [0.15, 0.2) is 12.1 Å². The summed E-state index contributed by atoms with van der Waals surface area (Å²) in [5, 5.41) is 28.4. The number of hydrogen-bond donors (Lipinski definition) is 3. The number of rotatable bonds is 7. The molecule has 0 bridgehead atoms. The van der Waals surface area contributed by atoms with Crippen LogP contribution in [0.5, 0.6) is 17.2 Å². The van der Waals surface area contributed by atoms with E-state index >= 15 is 0 Å². The lowest BCUT2D eigenvalue weighted by Crippen LogP contribution is -1.88. The lowest BCUT2D eigenvalue weighted by molar-refractivity contribution is 0.417. The van der Waals surface area contributed by atoms with Crippen LogP contribution in [0.4, 0.5) is 0 Å². The first kappa shape index (κ1) is 13.7. The SMILES string of the molecule is CCCCCCCCc1c(O)cc(O)cc1O. The van der Waals surface area contributed by atoms with Crippen LogP contribution < -0.4 is 0 Å². The number of benzene rings is 1. The Morgan fingerprint density at radius 2 is 1.35 bits per heavy atom. The van der Waals surface area contributed by atoms with Gasteiger partial charge in [-0.3, -0.25) is 0 Å². The van der Waals surface area contributed by atoms with E-state index in [9.17, 15) is 10.2 Å². The van der Waals surface area contributed by atoms with Gasteiger partial charge < -0.3 is 15.3 Å². The predicted octanol–water partition coefficient (Wildman–Crippen LogP) is 3.71. The summed E-state index contributed by atoms with van der Waals surface area (Å²) in [7, 11) is 0. The van der Waals surface area contributed by atoms with Gasteiger partial charge in [0.2, 0.25) is 0 Å². The fourth-order valence-electron chi connectivity index (χ4n) is 1.97. The van der Waals surface area contributed by atoms with Crippen LogP contribution in [0.1, 0.15) is 51.0 Å². The quantitative estimate of drug-likeness (QED) is 0.635. The van der Waals surface area contributed by atoms with E-state index in [1.807, 2.05) is 0 Å². The lowest BCUT2D eigenvalue weighted by Gasteiger charge is -2.07. The molecule has 3 nitrogen and oxygen atoms in total. The molecule has 0 unspecified atom stereocenters. The monoisotopic (exact) mass is 238 g/mol. The molecule has 0 aliphatic heterocycles. The topological polar surface area (TPSA) is 60.7 Å². The molecule has 0 amide bonds. The number of phenolic OH excluding ortho intramolecular Hbond substituents is 3. The Kier molecular flexibility index (Phi) is 5.67. The van der Waals surface area contributed by atoms with Gasteiger partial charge in [0, 0.05) is 17.7 Å². The second kappa shape index (κ2) is 7.05. The maximum atomic E-state index is 9.59. The first-order valence-electron chi connectivity index (χ1n) is 6.39. The van der Waals surface area contributed by atoms with Crippen molar-refractivity contribution < 1.29 is 15.3 Å². The average Bonchev–Trinajstić information content (AvgIpc) is 2.26. The van der Waals surface area contributed by atoms with Gasteiger partial charge in [0.15, 0.2) is 0 Å². The normalized spacial score (nSPS) is 10.6. The Labute approximate surface area is 103 Å². The number of unbranched alkanes of at least 4 members (excludes halogenated alkanes) is 5. The van der Waals surface area contributed by atoms with Crippen LogP contribution in [0.3, 0.4) is 0 Å². The van der Waals surface area contributed by atoms with Crippen molar-refractivity contribution in [1.82, 2.24) is 0 Å². The van der Waals surface area contributed by atoms with Crippen LogP contribution in [0.2, 0.25) is 0 Å². The smallest absolute Gasteiger partial charge is 0.126 e. The first-order chi connectivity index (χ1) is 8.15. The molecular formula is C14H22O3. The Balaban J connectivity index is 2.36. The molecule has 3 N–H and O–H groups in total. The summed E-state index contributed by atoms with van der Waals surface area (Å²) in [6.45, 7) is 2.19. The van der Waals surface area contributed by atoms with Gasteiger partial charge in [-0.2, -0.15) is 0 Å². The summed E-state index contributed by atoms with van der Waals surface area (Å²) in [6, 6.07) is 2.54. The van der Waals surface area contributed by atoms with Crippen LogP contribution in [0, 0.1) is 0 Å². The van der Waals surface area contributed by atoms with E-state index in [-0.39, 0.29) is 17.2 Å². The third kappa shape index (κ3) is 4.55. The van der Waals surface area contributed by atoms with Crippen LogP contribution in [0.25, 0.3) is 0 Å². The summed E-state index contributed by atoms with van der Waals surface area (Å²) >= 11 is 0. The highest BCUT2D eigenvalue weighted by atomic mass is 16.3. The van der Waals surface area contributed by atoms with E-state index in [1.54, 1.807) is 0 Å². The molecule has 0 aliphatic carbocycles. The molecule has 0 heterocycles. The van der Waals surface area contributed by atoms with Crippen LogP contribution in [-0.4, -0.2) is 15.3 Å². The Morgan fingerprint density at radius 1 is 0.824 bits per heavy atom. The summed E-state index contributed by atoms with van der Waals surface area (Å²) < 4.78 is 0. The van der Waals surface area contributed by atoms with E-state index in [4.69, 9.17) is 5.11 Å². The van der Waals surface area contributed by atoms with E-state index in [0.717, 1.165) is 12.8 Å². The lowest BCUT2D eigenvalue weighted by atomic mass is 10.0. The molecule has 0 fully saturated rings. The maximum absolute atomic E-state index is 9.59. The largest absolute Gasteiger partial charge is 0.508 e. The highest BCUT2D eigenvalue weighted by Crippen LogP contribution is 2.33. The highest BCUT2D eigenvalue weighted by Gasteiger charge is 2.08. The summed E-state index contributed by atoms with van der Waals surface area (Å²) in [5.74, 6) is -0.140. The van der Waals surface area contributed by atoms with Gasteiger partial charge in [0.05, 0.1) is 0 Å². The second-order valence-electron chi connectivity index (χ2n) is 4.48. The van der Waals surface area contributed by atoms with Gasteiger partial charge in [-0.1, -0.05) is 39.0 Å². The fraction of sp³-hybridized carbons (Fsp3) is 0.571. The molecule has 1 rings (SSSR count). The molecule has 0 aliphatic rings. The molecule has 1 aromatic carbocycles. The molecule has 96 valence electrons. The molecular weight excluding hydrogens is 216 g/mol. The first-order valence-corrected chi connectivity index (χ1v) is 6.39. The Morgan fingerprint density at radius 3 is 1.94 bits per heavy atom. The third-order valence-electron chi connectivity index (χ3n) is 2.97. The van der Waals surface area contributed by atoms with Gasteiger partial charge >= 0.3 is 0 Å². The molecule has 17 heavy (non-hydrogen) atoms. The van der Waals surface area contributed by atoms with Gasteiger partial charge in [-0.25, -0.2) is 0 Å². The molecule has 0 spiro atoms. The van der Waals surface area contributed by atoms with Gasteiger partial charge in [-0.15, -0.1) is 0 Å². The average molecular weight is 238 g/mol. The molecule has 0 radical (unpaired) electrons. The minimum absolute atomic E-state index is 0.0175. The molecule has 1 aromatic rings. The zero-order chi connectivity index (χ0) is 12.7. The number of aromatic hydroxyl groups is 3. The van der Waals surface area contributed by atoms with Crippen molar-refractivity contribution in [3.8, 4) is 17.2 Å². The third-order valence-corrected chi connectivity index (χ3v) is 2.97. The van der Waals surface area contributed by atoms with Gasteiger partial charge in [-0.05, 0) is 12.8 Å². The van der Waals surface area contributed by atoms with Crippen molar-refractivity contribution in [3.63, 3.8) is 0 Å². The van der Waals surface area contributed by atoms with Crippen molar-refractivity contribution in [2.24, 2.45) is 0 Å². The number of hydrogen-bond acceptors (Lipinski definition) is 3. The van der Waals surface area contributed by atoms with E-state index in [2.05, 4.69) is 6.92 Å². The highest BCUT2D eigenvalue weighted by molar-refractivity contribution is 5.48. The van der Waals surface area contributed by atoms with Crippen molar-refractivity contribution in [3.05, 3.63) is 17.7 Å². The van der Waals surface area contributed by atoms with Gasteiger partial charge in [0.1, 0.15) is 17.2 Å². The molecule has 0 atom stereocenters. The van der Waals surface area contributed by atoms with E-state index < -0.39 is 0 Å². The minimum Gasteiger partial charge on any atom is -0.508 e. The molecule has 0 saturated carbocycles. The van der Waals surface area contributed by atoms with Crippen molar-refractivity contribution in [2.75, 3.05) is 0 Å². The number of phenols is 3. The zero-order valence-electron chi connectivity index (χ0n) is 10.4. The maximum Gasteiger partial charge on any atom is 0.126 e. The summed E-state index contributed by atoms with van der Waals surface area (Å²) in [5.41, 5.74) is 0.540. The van der Waals surface area contributed by atoms with E-state index in [1.165, 1.54) is 37.8 Å². The Hall–Kier alpha value is -1.38. The van der Waals surface area contributed by atoms with Crippen LogP contribution >= 0.6 is 0 Å². The molecule has 0 saturated heterocycles. The fourth-order valence-corrected chi connectivity index (χ4v) is 1.97. The van der Waals surface area contributed by atoms with Gasteiger partial charge in [0.25, 0.3) is 0 Å². The minimum atomic E-state index is -0.105. The standard InChI is InChI=1S/C14H22O3/c1-2-3-4-5-6-7-8-12-13(16)9-11(15)10-14(12)17/h9-10,15-17H,2-8H2,1H3. The van der Waals surface area contributed by atoms with Crippen molar-refractivity contribution >= 4 is 0 Å². The van der Waals surface area contributed by atoms with Crippen LogP contribution in [-0.2, 0) is 6.42 Å². The molecule has 0 aromatic heterocycles. The van der Waals surface area contributed by atoms with Crippen molar-refractivity contribution in [2.45, 2.75) is 51.9 Å². The molecule has 3 heteroatoms. The second-order valence-corrected chi connectivity index (χ2v) is 4.48. The predicted molar refractivity (Wildman–Crippen MR) is 68.5 cm³/mol. The zero-order valence-corrected chi connectivity index (χ0v) is 10.4. The summed E-state index contributed by atoms with van der Waals surface area (Å²) in [4.78, 5) is 0. The van der Waals surface area contributed by atoms with E-state index in [0.29, 0.717) is 12.0 Å². The van der Waals surface area contributed by atoms with Crippen molar-refractivity contribution in [1.29, 1.82) is 0 Å². The summed E-state index contributed by atoms with van der Waals surface area (Å²) in [6.07, 6.45) is 7.69. The Bertz CT molecular complexity index is 324.